The van der Waals surface area contributed by atoms with E-state index in [2.05, 4.69) is 10.6 Å². The van der Waals surface area contributed by atoms with Gasteiger partial charge in [-0.2, -0.15) is 0 Å². The molecule has 0 fully saturated rings. The molecule has 0 heterocycles. The van der Waals surface area contributed by atoms with Crippen molar-refractivity contribution in [3.63, 3.8) is 0 Å². The third kappa shape index (κ3) is 6.52. The Morgan fingerprint density at radius 3 is 2.24 bits per heavy atom. The molecule has 0 saturated heterocycles. The van der Waals surface area contributed by atoms with Crippen molar-refractivity contribution in [3.8, 4) is 0 Å². The minimum absolute atomic E-state index is 0.125. The lowest BCUT2D eigenvalue weighted by atomic mass is 9.98. The van der Waals surface area contributed by atoms with E-state index in [1.165, 1.54) is 26.2 Å². The Morgan fingerprint density at radius 1 is 1.16 bits per heavy atom. The number of nitrogens with one attached hydrogen (secondary N) is 2. The number of methoxy groups -OCH3 is 1. The van der Waals surface area contributed by atoms with Crippen LogP contribution >= 0.6 is 0 Å². The summed E-state index contributed by atoms with van der Waals surface area (Å²) in [6, 6.07) is 3.99. The molecule has 138 valence electrons. The van der Waals surface area contributed by atoms with Crippen molar-refractivity contribution < 1.29 is 23.5 Å². The highest BCUT2D eigenvalue weighted by Crippen LogP contribution is 2.11. The summed E-state index contributed by atoms with van der Waals surface area (Å²) >= 11 is 0. The second kappa shape index (κ2) is 9.76. The standard InChI is InChI=1S/C18H25FN2O4/c1-5-11(2)16(18(24)25-4)21-17(23)15(20-12(3)22)10-13-6-8-14(19)9-7-13/h6-9,11,15-16H,5,10H2,1-4H3,(H,20,22)(H,21,23)/t11-,15+,16-/m0/s1. The van der Waals surface area contributed by atoms with E-state index in [9.17, 15) is 18.8 Å². The van der Waals surface area contributed by atoms with Gasteiger partial charge in [0.25, 0.3) is 0 Å². The first kappa shape index (κ1) is 20.6. The van der Waals surface area contributed by atoms with Gasteiger partial charge in [0, 0.05) is 13.3 Å². The fraction of sp³-hybridized carbons (Fsp3) is 0.500. The van der Waals surface area contributed by atoms with Crippen LogP contribution in [0.1, 0.15) is 32.8 Å². The number of hydrogen-bond acceptors (Lipinski definition) is 4. The molecule has 0 unspecified atom stereocenters. The van der Waals surface area contributed by atoms with Gasteiger partial charge in [-0.25, -0.2) is 9.18 Å². The average molecular weight is 352 g/mol. The number of ether oxygens (including phenoxy) is 1. The van der Waals surface area contributed by atoms with Crippen LogP contribution in [0.4, 0.5) is 4.39 Å². The maximum absolute atomic E-state index is 13.0. The Morgan fingerprint density at radius 2 is 1.76 bits per heavy atom. The number of esters is 1. The number of amides is 2. The largest absolute Gasteiger partial charge is 0.467 e. The molecule has 0 bridgehead atoms. The van der Waals surface area contributed by atoms with Gasteiger partial charge in [-0.05, 0) is 23.6 Å². The van der Waals surface area contributed by atoms with Crippen LogP contribution in [0.3, 0.4) is 0 Å². The molecule has 7 heteroatoms. The van der Waals surface area contributed by atoms with Crippen LogP contribution in [-0.2, 0) is 25.5 Å². The number of benzene rings is 1. The monoisotopic (exact) mass is 352 g/mol. The van der Waals surface area contributed by atoms with Gasteiger partial charge in [0.15, 0.2) is 0 Å². The first-order valence-corrected chi connectivity index (χ1v) is 8.18. The molecule has 2 amide bonds. The highest BCUT2D eigenvalue weighted by atomic mass is 19.1. The van der Waals surface area contributed by atoms with Crippen molar-refractivity contribution in [2.45, 2.75) is 45.7 Å². The number of hydrogen-bond donors (Lipinski definition) is 2. The predicted octanol–water partition coefficient (Wildman–Crippen LogP) is 1.58. The third-order valence-electron chi connectivity index (χ3n) is 4.01. The summed E-state index contributed by atoms with van der Waals surface area (Å²) in [5.74, 6) is -1.91. The Labute approximate surface area is 147 Å². The van der Waals surface area contributed by atoms with Crippen molar-refractivity contribution in [2.75, 3.05) is 7.11 Å². The molecule has 0 aliphatic heterocycles. The molecule has 0 aliphatic carbocycles. The minimum atomic E-state index is -0.876. The summed E-state index contributed by atoms with van der Waals surface area (Å²) in [4.78, 5) is 35.9. The molecule has 0 aliphatic rings. The average Bonchev–Trinajstić information content (AvgIpc) is 2.59. The normalized spacial score (nSPS) is 14.1. The summed E-state index contributed by atoms with van der Waals surface area (Å²) in [6.45, 7) is 5.03. The third-order valence-corrected chi connectivity index (χ3v) is 4.01. The second-order valence-corrected chi connectivity index (χ2v) is 5.98. The van der Waals surface area contributed by atoms with Gasteiger partial charge >= 0.3 is 5.97 Å². The molecule has 1 aromatic carbocycles. The summed E-state index contributed by atoms with van der Waals surface area (Å²) in [5.41, 5.74) is 0.688. The molecule has 0 saturated carbocycles. The molecule has 0 radical (unpaired) electrons. The predicted molar refractivity (Wildman–Crippen MR) is 91.1 cm³/mol. The van der Waals surface area contributed by atoms with E-state index < -0.39 is 24.0 Å². The van der Waals surface area contributed by atoms with E-state index in [1.807, 2.05) is 13.8 Å². The number of carbonyl (C=O) groups is 3. The molecule has 3 atom stereocenters. The smallest absolute Gasteiger partial charge is 0.328 e. The van der Waals surface area contributed by atoms with E-state index in [4.69, 9.17) is 4.74 Å². The highest BCUT2D eigenvalue weighted by molar-refractivity contribution is 5.90. The lowest BCUT2D eigenvalue weighted by molar-refractivity contribution is -0.146. The highest BCUT2D eigenvalue weighted by Gasteiger charge is 2.30. The molecular weight excluding hydrogens is 327 g/mol. The zero-order valence-corrected chi connectivity index (χ0v) is 15.0. The van der Waals surface area contributed by atoms with Crippen LogP contribution in [0.15, 0.2) is 24.3 Å². The zero-order valence-electron chi connectivity index (χ0n) is 15.0. The molecule has 1 rings (SSSR count). The molecule has 0 spiro atoms. The Bertz CT molecular complexity index is 604. The first-order chi connectivity index (χ1) is 11.8. The molecule has 0 aromatic heterocycles. The summed E-state index contributed by atoms with van der Waals surface area (Å²) < 4.78 is 17.8. The van der Waals surface area contributed by atoms with Gasteiger partial charge in [0.05, 0.1) is 7.11 Å². The van der Waals surface area contributed by atoms with E-state index >= 15 is 0 Å². The minimum Gasteiger partial charge on any atom is -0.467 e. The maximum atomic E-state index is 13.0. The van der Waals surface area contributed by atoms with Crippen molar-refractivity contribution in [2.24, 2.45) is 5.92 Å². The summed E-state index contributed by atoms with van der Waals surface area (Å²) in [7, 11) is 1.26. The van der Waals surface area contributed by atoms with Crippen molar-refractivity contribution in [1.82, 2.24) is 10.6 Å². The quantitative estimate of drug-likeness (QED) is 0.696. The van der Waals surface area contributed by atoms with E-state index in [1.54, 1.807) is 12.1 Å². The number of carbonyl (C=O) groups excluding carboxylic acids is 3. The Balaban J connectivity index is 2.92. The van der Waals surface area contributed by atoms with E-state index in [-0.39, 0.29) is 24.1 Å². The van der Waals surface area contributed by atoms with Gasteiger partial charge in [-0.15, -0.1) is 0 Å². The van der Waals surface area contributed by atoms with Crippen LogP contribution in [0, 0.1) is 11.7 Å². The van der Waals surface area contributed by atoms with Crippen LogP contribution in [0.2, 0.25) is 0 Å². The molecule has 2 N–H and O–H groups in total. The van der Waals surface area contributed by atoms with Crippen LogP contribution in [0.5, 0.6) is 0 Å². The lowest BCUT2D eigenvalue weighted by Gasteiger charge is -2.25. The van der Waals surface area contributed by atoms with Crippen molar-refractivity contribution in [3.05, 3.63) is 35.6 Å². The number of rotatable bonds is 8. The maximum Gasteiger partial charge on any atom is 0.328 e. The zero-order chi connectivity index (χ0) is 19.0. The molecule has 6 nitrogen and oxygen atoms in total. The van der Waals surface area contributed by atoms with Gasteiger partial charge < -0.3 is 15.4 Å². The molecule has 25 heavy (non-hydrogen) atoms. The first-order valence-electron chi connectivity index (χ1n) is 8.18. The Hall–Kier alpha value is -2.44. The Kier molecular flexibility index (Phi) is 8.04. The van der Waals surface area contributed by atoms with Gasteiger partial charge in [-0.3, -0.25) is 9.59 Å². The van der Waals surface area contributed by atoms with Crippen LogP contribution < -0.4 is 10.6 Å². The molecular formula is C18H25FN2O4. The second-order valence-electron chi connectivity index (χ2n) is 5.98. The van der Waals surface area contributed by atoms with Gasteiger partial charge in [0.1, 0.15) is 17.9 Å². The fourth-order valence-electron chi connectivity index (χ4n) is 2.36. The van der Waals surface area contributed by atoms with Crippen molar-refractivity contribution >= 4 is 17.8 Å². The lowest BCUT2D eigenvalue weighted by Crippen LogP contribution is -2.54. The van der Waals surface area contributed by atoms with Crippen LogP contribution in [-0.4, -0.2) is 37.0 Å². The van der Waals surface area contributed by atoms with Gasteiger partial charge in [-0.1, -0.05) is 32.4 Å². The van der Waals surface area contributed by atoms with E-state index in [0.717, 1.165) is 0 Å². The molecule has 1 aromatic rings. The van der Waals surface area contributed by atoms with Gasteiger partial charge in [0.2, 0.25) is 11.8 Å². The summed E-state index contributed by atoms with van der Waals surface area (Å²) in [5, 5.41) is 5.22. The SMILES string of the molecule is CC[C@H](C)[C@H](NC(=O)[C@@H](Cc1ccc(F)cc1)NC(C)=O)C(=O)OC. The topological polar surface area (TPSA) is 84.5 Å². The fourth-order valence-corrected chi connectivity index (χ4v) is 2.36. The van der Waals surface area contributed by atoms with Crippen molar-refractivity contribution in [1.29, 1.82) is 0 Å². The summed E-state index contributed by atoms with van der Waals surface area (Å²) in [6.07, 6.45) is 0.850. The number of halogens is 1. The van der Waals surface area contributed by atoms with E-state index in [0.29, 0.717) is 12.0 Å². The van der Waals surface area contributed by atoms with Crippen LogP contribution in [0.25, 0.3) is 0 Å².